The minimum atomic E-state index is -0.0873. The van der Waals surface area contributed by atoms with Crippen molar-refractivity contribution in [2.45, 2.75) is 19.9 Å². The normalized spacial score (nSPS) is 13.9. The molecule has 0 radical (unpaired) electrons. The molecule has 1 aliphatic heterocycles. The number of aryl methyl sites for hydroxylation is 1. The summed E-state index contributed by atoms with van der Waals surface area (Å²) in [5, 5.41) is 8.74. The fraction of sp³-hybridized carbons (Fsp3) is 0.286. The highest BCUT2D eigenvalue weighted by Crippen LogP contribution is 2.19. The van der Waals surface area contributed by atoms with Crippen molar-refractivity contribution in [1.29, 1.82) is 0 Å². The number of nitrogens with zero attached hydrogens (tertiary/aromatic N) is 1. The van der Waals surface area contributed by atoms with Gasteiger partial charge in [0.25, 0.3) is 5.91 Å². The number of fused-ring (bicyclic) bond motifs is 1. The quantitative estimate of drug-likeness (QED) is 0.883. The molecule has 0 saturated carbocycles. The van der Waals surface area contributed by atoms with Gasteiger partial charge in [-0.3, -0.25) is 10.1 Å². The van der Waals surface area contributed by atoms with E-state index in [1.54, 1.807) is 0 Å². The molecular weight excluding hydrogens is 258 g/mol. The zero-order valence-electron chi connectivity index (χ0n) is 10.7. The van der Waals surface area contributed by atoms with Gasteiger partial charge in [0.2, 0.25) is 0 Å². The minimum absolute atomic E-state index is 0.0873. The van der Waals surface area contributed by atoms with Crippen molar-refractivity contribution in [2.24, 2.45) is 0 Å². The molecule has 0 atom stereocenters. The van der Waals surface area contributed by atoms with Crippen molar-refractivity contribution in [3.63, 3.8) is 0 Å². The molecule has 0 fully saturated rings. The summed E-state index contributed by atoms with van der Waals surface area (Å²) in [6.45, 7) is 3.78. The molecule has 0 spiro atoms. The Morgan fingerprint density at radius 3 is 3.11 bits per heavy atom. The molecule has 2 heterocycles. The topological polar surface area (TPSA) is 54.0 Å². The summed E-state index contributed by atoms with van der Waals surface area (Å²) in [4.78, 5) is 16.4. The highest BCUT2D eigenvalue weighted by molar-refractivity contribution is 7.13. The number of hydrogen-bond donors (Lipinski definition) is 2. The second-order valence-electron chi connectivity index (χ2n) is 4.66. The molecule has 2 N–H and O–H groups in total. The number of hydrogen-bond acceptors (Lipinski definition) is 4. The van der Waals surface area contributed by atoms with Crippen molar-refractivity contribution in [2.75, 3.05) is 11.9 Å². The van der Waals surface area contributed by atoms with Crippen molar-refractivity contribution in [3.8, 4) is 0 Å². The second-order valence-corrected chi connectivity index (χ2v) is 5.52. The van der Waals surface area contributed by atoms with Gasteiger partial charge in [-0.2, -0.15) is 0 Å². The number of anilines is 1. The lowest BCUT2D eigenvalue weighted by molar-refractivity contribution is 0.102. The largest absolute Gasteiger partial charge is 0.312 e. The van der Waals surface area contributed by atoms with Gasteiger partial charge in [0.1, 0.15) is 0 Å². The van der Waals surface area contributed by atoms with Gasteiger partial charge in [-0.25, -0.2) is 4.98 Å². The van der Waals surface area contributed by atoms with E-state index in [-0.39, 0.29) is 5.91 Å². The van der Waals surface area contributed by atoms with E-state index in [2.05, 4.69) is 15.6 Å². The van der Waals surface area contributed by atoms with Gasteiger partial charge < -0.3 is 5.32 Å². The number of aromatic nitrogens is 1. The molecule has 1 aromatic carbocycles. The maximum atomic E-state index is 12.1. The van der Waals surface area contributed by atoms with E-state index in [0.717, 1.165) is 25.2 Å². The van der Waals surface area contributed by atoms with Crippen LogP contribution in [0.1, 0.15) is 27.2 Å². The first kappa shape index (κ1) is 12.3. The lowest BCUT2D eigenvalue weighted by atomic mass is 9.98. The Labute approximate surface area is 115 Å². The van der Waals surface area contributed by atoms with Crippen molar-refractivity contribution >= 4 is 22.4 Å². The Hall–Kier alpha value is -1.72. The molecule has 5 heteroatoms. The van der Waals surface area contributed by atoms with E-state index in [1.165, 1.54) is 22.5 Å². The molecule has 1 amide bonds. The van der Waals surface area contributed by atoms with E-state index in [9.17, 15) is 4.79 Å². The molecule has 0 saturated heterocycles. The summed E-state index contributed by atoms with van der Waals surface area (Å²) in [5.41, 5.74) is 4.18. The van der Waals surface area contributed by atoms with Gasteiger partial charge in [0.05, 0.1) is 5.69 Å². The van der Waals surface area contributed by atoms with Crippen molar-refractivity contribution < 1.29 is 4.79 Å². The van der Waals surface area contributed by atoms with Crippen LogP contribution in [0.5, 0.6) is 0 Å². The number of thiazole rings is 1. The van der Waals surface area contributed by atoms with E-state index < -0.39 is 0 Å². The summed E-state index contributed by atoms with van der Waals surface area (Å²) in [5.74, 6) is -0.0873. The number of rotatable bonds is 2. The Bertz CT molecular complexity index is 621. The van der Waals surface area contributed by atoms with Crippen LogP contribution < -0.4 is 10.6 Å². The van der Waals surface area contributed by atoms with Crippen LogP contribution in [0.2, 0.25) is 0 Å². The number of benzene rings is 1. The van der Waals surface area contributed by atoms with E-state index in [4.69, 9.17) is 0 Å². The molecule has 0 aliphatic carbocycles. The zero-order chi connectivity index (χ0) is 13.2. The zero-order valence-corrected chi connectivity index (χ0v) is 11.5. The van der Waals surface area contributed by atoms with Gasteiger partial charge >= 0.3 is 0 Å². The molecular formula is C14H15N3OS. The first-order chi connectivity index (χ1) is 9.22. The highest BCUT2D eigenvalue weighted by Gasteiger charge is 2.13. The standard InChI is InChI=1S/C14H15N3OS/c1-9-8-19-14(16-9)17-13(18)11-2-3-12-7-15-5-4-10(12)6-11/h2-3,6,8,15H,4-5,7H2,1H3,(H,16,17,18). The van der Waals surface area contributed by atoms with Crippen LogP contribution in [0.25, 0.3) is 0 Å². The van der Waals surface area contributed by atoms with E-state index >= 15 is 0 Å². The predicted molar refractivity (Wildman–Crippen MR) is 76.7 cm³/mol. The fourth-order valence-electron chi connectivity index (χ4n) is 2.20. The summed E-state index contributed by atoms with van der Waals surface area (Å²) in [6, 6.07) is 5.90. The van der Waals surface area contributed by atoms with Crippen molar-refractivity contribution in [3.05, 3.63) is 46.0 Å². The third-order valence-electron chi connectivity index (χ3n) is 3.19. The van der Waals surface area contributed by atoms with Gasteiger partial charge in [0, 0.05) is 17.5 Å². The van der Waals surface area contributed by atoms with E-state index in [1.807, 2.05) is 30.5 Å². The molecule has 98 valence electrons. The Morgan fingerprint density at radius 2 is 2.32 bits per heavy atom. The lowest BCUT2D eigenvalue weighted by Crippen LogP contribution is -2.24. The number of carbonyl (C=O) groups is 1. The fourth-order valence-corrected chi connectivity index (χ4v) is 2.88. The van der Waals surface area contributed by atoms with Crippen molar-refractivity contribution in [1.82, 2.24) is 10.3 Å². The molecule has 1 aliphatic rings. The molecule has 0 bridgehead atoms. The van der Waals surface area contributed by atoms with Gasteiger partial charge in [0.15, 0.2) is 5.13 Å². The summed E-state index contributed by atoms with van der Waals surface area (Å²) >= 11 is 1.45. The van der Waals surface area contributed by atoms with Crippen LogP contribution in [-0.4, -0.2) is 17.4 Å². The monoisotopic (exact) mass is 273 g/mol. The Kier molecular flexibility index (Phi) is 3.31. The second kappa shape index (κ2) is 5.11. The van der Waals surface area contributed by atoms with Crippen LogP contribution in [0, 0.1) is 6.92 Å². The Morgan fingerprint density at radius 1 is 1.42 bits per heavy atom. The number of carbonyl (C=O) groups excluding carboxylic acids is 1. The minimum Gasteiger partial charge on any atom is -0.312 e. The lowest BCUT2D eigenvalue weighted by Gasteiger charge is -2.17. The van der Waals surface area contributed by atoms with Crippen LogP contribution in [-0.2, 0) is 13.0 Å². The van der Waals surface area contributed by atoms with Crippen LogP contribution in [0.15, 0.2) is 23.6 Å². The first-order valence-corrected chi connectivity index (χ1v) is 7.16. The average molecular weight is 273 g/mol. The van der Waals surface area contributed by atoms with Gasteiger partial charge in [-0.15, -0.1) is 11.3 Å². The van der Waals surface area contributed by atoms with Gasteiger partial charge in [-0.05, 0) is 43.1 Å². The Balaban J connectivity index is 1.80. The molecule has 19 heavy (non-hydrogen) atoms. The van der Waals surface area contributed by atoms with Crippen LogP contribution >= 0.6 is 11.3 Å². The highest BCUT2D eigenvalue weighted by atomic mass is 32.1. The third kappa shape index (κ3) is 2.67. The summed E-state index contributed by atoms with van der Waals surface area (Å²) < 4.78 is 0. The van der Waals surface area contributed by atoms with E-state index in [0.29, 0.717) is 10.7 Å². The van der Waals surface area contributed by atoms with Crippen LogP contribution in [0.3, 0.4) is 0 Å². The number of nitrogens with one attached hydrogen (secondary N) is 2. The molecule has 1 aromatic heterocycles. The number of amides is 1. The molecule has 3 rings (SSSR count). The maximum absolute atomic E-state index is 12.1. The average Bonchev–Trinajstić information content (AvgIpc) is 2.83. The maximum Gasteiger partial charge on any atom is 0.257 e. The molecule has 0 unspecified atom stereocenters. The summed E-state index contributed by atoms with van der Waals surface area (Å²) in [7, 11) is 0. The molecule has 4 nitrogen and oxygen atoms in total. The molecule has 2 aromatic rings. The smallest absolute Gasteiger partial charge is 0.257 e. The third-order valence-corrected chi connectivity index (χ3v) is 4.07. The predicted octanol–water partition coefficient (Wildman–Crippen LogP) is 2.35. The summed E-state index contributed by atoms with van der Waals surface area (Å²) in [6.07, 6.45) is 0.979. The first-order valence-electron chi connectivity index (χ1n) is 6.28. The SMILES string of the molecule is Cc1csc(NC(=O)c2ccc3c(c2)CCNC3)n1. The van der Waals surface area contributed by atoms with Crippen LogP contribution in [0.4, 0.5) is 5.13 Å². The van der Waals surface area contributed by atoms with Gasteiger partial charge in [-0.1, -0.05) is 6.07 Å².